The van der Waals surface area contributed by atoms with Crippen LogP contribution in [0.4, 0.5) is 24.5 Å². The fraction of sp³-hybridized carbons (Fsp3) is 0.176. The second kappa shape index (κ2) is 8.18. The molecule has 2 amide bonds. The summed E-state index contributed by atoms with van der Waals surface area (Å²) >= 11 is 0. The summed E-state index contributed by atoms with van der Waals surface area (Å²) in [5.41, 5.74) is -0.0630. The van der Waals surface area contributed by atoms with Crippen LogP contribution in [0, 0.1) is 0 Å². The maximum atomic E-state index is 12.3. The third-order valence-electron chi connectivity index (χ3n) is 3.05. The molecule has 0 unspecified atom stereocenters. The van der Waals surface area contributed by atoms with Gasteiger partial charge in [-0.05, 0) is 24.3 Å². The highest BCUT2D eigenvalue weighted by molar-refractivity contribution is 6.01. The minimum absolute atomic E-state index is 0.00353. The number of amides is 2. The van der Waals surface area contributed by atoms with Crippen LogP contribution in [0.1, 0.15) is 6.42 Å². The van der Waals surface area contributed by atoms with Crippen LogP contribution in [0.25, 0.3) is 0 Å². The van der Waals surface area contributed by atoms with E-state index in [1.54, 1.807) is 29.6 Å². The van der Waals surface area contributed by atoms with Crippen LogP contribution in [-0.2, 0) is 9.59 Å². The molecule has 2 rings (SSSR count). The summed E-state index contributed by atoms with van der Waals surface area (Å²) < 4.78 is 42.4. The Kier molecular flexibility index (Phi) is 5.99. The van der Waals surface area contributed by atoms with Crippen molar-refractivity contribution < 1.29 is 27.5 Å². The van der Waals surface area contributed by atoms with Crippen LogP contribution in [0.2, 0.25) is 0 Å². The van der Waals surface area contributed by atoms with E-state index in [0.29, 0.717) is 5.75 Å². The van der Waals surface area contributed by atoms with Gasteiger partial charge in [-0.3, -0.25) is 9.59 Å². The summed E-state index contributed by atoms with van der Waals surface area (Å²) in [6.45, 7) is 0.104. The van der Waals surface area contributed by atoms with Gasteiger partial charge in [-0.15, -0.1) is 0 Å². The minimum Gasteiger partial charge on any atom is -0.493 e. The Morgan fingerprint density at radius 1 is 0.880 bits per heavy atom. The topological polar surface area (TPSA) is 67.4 Å². The van der Waals surface area contributed by atoms with Crippen LogP contribution in [0.3, 0.4) is 0 Å². The molecule has 0 aliphatic heterocycles. The van der Waals surface area contributed by atoms with Gasteiger partial charge in [0.1, 0.15) is 5.75 Å². The highest BCUT2D eigenvalue weighted by atomic mass is 19.4. The van der Waals surface area contributed by atoms with Crippen molar-refractivity contribution >= 4 is 23.2 Å². The molecule has 0 fully saturated rings. The molecular formula is C17H15F3N2O3. The summed E-state index contributed by atoms with van der Waals surface area (Å²) in [5.74, 6) is -1.96. The number of rotatable bonds is 6. The van der Waals surface area contributed by atoms with Crippen LogP contribution < -0.4 is 15.4 Å². The molecule has 0 aliphatic rings. The van der Waals surface area contributed by atoms with E-state index in [1.165, 1.54) is 24.3 Å². The van der Waals surface area contributed by atoms with Gasteiger partial charge in [-0.1, -0.05) is 30.3 Å². The summed E-state index contributed by atoms with van der Waals surface area (Å²) in [5, 5.41) is 4.18. The second-order valence-corrected chi connectivity index (χ2v) is 4.96. The van der Waals surface area contributed by atoms with E-state index < -0.39 is 18.0 Å². The predicted molar refractivity (Wildman–Crippen MR) is 86.3 cm³/mol. The van der Waals surface area contributed by atoms with Gasteiger partial charge in [-0.25, -0.2) is 0 Å². The van der Waals surface area contributed by atoms with Crippen LogP contribution in [0.5, 0.6) is 5.75 Å². The molecule has 0 saturated carbocycles. The van der Waals surface area contributed by atoms with Gasteiger partial charge in [0.2, 0.25) is 5.91 Å². The Morgan fingerprint density at radius 2 is 1.44 bits per heavy atom. The molecule has 0 aromatic heterocycles. The first kappa shape index (κ1) is 18.3. The number of ether oxygens (including phenoxy) is 1. The Hall–Kier alpha value is -3.03. The first-order chi connectivity index (χ1) is 11.9. The van der Waals surface area contributed by atoms with Gasteiger partial charge in [-0.2, -0.15) is 13.2 Å². The Labute approximate surface area is 141 Å². The summed E-state index contributed by atoms with van der Waals surface area (Å²) in [6.07, 6.45) is -5.02. The lowest BCUT2D eigenvalue weighted by Gasteiger charge is -2.13. The number of nitrogens with one attached hydrogen (secondary N) is 2. The number of hydrogen-bond donors (Lipinski definition) is 2. The fourth-order valence-corrected chi connectivity index (χ4v) is 1.89. The maximum Gasteiger partial charge on any atom is 0.471 e. The number of alkyl halides is 3. The van der Waals surface area contributed by atoms with Gasteiger partial charge in [0.25, 0.3) is 0 Å². The average molecular weight is 352 g/mol. The molecule has 0 aliphatic carbocycles. The average Bonchev–Trinajstić information content (AvgIpc) is 2.56. The molecule has 2 aromatic carbocycles. The van der Waals surface area contributed by atoms with Crippen molar-refractivity contribution in [2.24, 2.45) is 0 Å². The zero-order valence-electron chi connectivity index (χ0n) is 13.0. The summed E-state index contributed by atoms with van der Waals surface area (Å²) in [7, 11) is 0. The van der Waals surface area contributed by atoms with E-state index in [0.717, 1.165) is 0 Å². The van der Waals surface area contributed by atoms with Crippen molar-refractivity contribution in [2.45, 2.75) is 12.6 Å². The zero-order chi connectivity index (χ0) is 18.3. The molecule has 0 saturated heterocycles. The quantitative estimate of drug-likeness (QED) is 0.835. The molecule has 0 heterocycles. The lowest BCUT2D eigenvalue weighted by Crippen LogP contribution is -2.30. The zero-order valence-corrected chi connectivity index (χ0v) is 13.0. The molecule has 5 nitrogen and oxygen atoms in total. The van der Waals surface area contributed by atoms with Gasteiger partial charge in [0.15, 0.2) is 0 Å². The Bertz CT molecular complexity index is 733. The number of benzene rings is 2. The van der Waals surface area contributed by atoms with E-state index in [1.807, 2.05) is 6.07 Å². The number of para-hydroxylation sites is 3. The van der Waals surface area contributed by atoms with Crippen molar-refractivity contribution in [3.8, 4) is 5.75 Å². The highest BCUT2D eigenvalue weighted by Gasteiger charge is 2.39. The monoisotopic (exact) mass is 352 g/mol. The smallest absolute Gasteiger partial charge is 0.471 e. The van der Waals surface area contributed by atoms with Crippen LogP contribution in [0.15, 0.2) is 54.6 Å². The summed E-state index contributed by atoms with van der Waals surface area (Å²) in [4.78, 5) is 22.9. The van der Waals surface area contributed by atoms with Crippen molar-refractivity contribution in [3.63, 3.8) is 0 Å². The highest BCUT2D eigenvalue weighted by Crippen LogP contribution is 2.24. The molecule has 25 heavy (non-hydrogen) atoms. The van der Waals surface area contributed by atoms with E-state index >= 15 is 0 Å². The van der Waals surface area contributed by atoms with E-state index in [9.17, 15) is 22.8 Å². The number of carbonyl (C=O) groups excluding carboxylic acids is 2. The Balaban J connectivity index is 1.91. The maximum absolute atomic E-state index is 12.3. The van der Waals surface area contributed by atoms with Crippen molar-refractivity contribution in [1.82, 2.24) is 0 Å². The van der Waals surface area contributed by atoms with Crippen molar-refractivity contribution in [1.29, 1.82) is 0 Å². The molecule has 0 atom stereocenters. The van der Waals surface area contributed by atoms with Crippen molar-refractivity contribution in [3.05, 3.63) is 54.6 Å². The first-order valence-corrected chi connectivity index (χ1v) is 7.31. The van der Waals surface area contributed by atoms with Crippen LogP contribution >= 0.6 is 0 Å². The lowest BCUT2D eigenvalue weighted by molar-refractivity contribution is -0.167. The normalized spacial score (nSPS) is 10.8. The SMILES string of the molecule is O=C(CCOc1ccccc1)Nc1ccccc1NC(=O)C(F)(F)F. The number of halogens is 3. The molecule has 0 bridgehead atoms. The first-order valence-electron chi connectivity index (χ1n) is 7.31. The van der Waals surface area contributed by atoms with E-state index in [4.69, 9.17) is 4.74 Å². The third-order valence-corrected chi connectivity index (χ3v) is 3.05. The fourth-order valence-electron chi connectivity index (χ4n) is 1.89. The van der Waals surface area contributed by atoms with Gasteiger partial charge >= 0.3 is 12.1 Å². The van der Waals surface area contributed by atoms with E-state index in [-0.39, 0.29) is 24.4 Å². The molecule has 2 aromatic rings. The summed E-state index contributed by atoms with van der Waals surface area (Å²) in [6, 6.07) is 14.5. The van der Waals surface area contributed by atoms with Crippen molar-refractivity contribution in [2.75, 3.05) is 17.2 Å². The number of anilines is 2. The molecule has 8 heteroatoms. The van der Waals surface area contributed by atoms with Gasteiger partial charge < -0.3 is 15.4 Å². The standard InChI is InChI=1S/C17H15F3N2O3/c18-17(19,20)16(24)22-14-9-5-4-8-13(14)21-15(23)10-11-25-12-6-2-1-3-7-12/h1-9H,10-11H2,(H,21,23)(H,22,24). The molecule has 132 valence electrons. The van der Waals surface area contributed by atoms with Gasteiger partial charge in [0.05, 0.1) is 24.4 Å². The van der Waals surface area contributed by atoms with Gasteiger partial charge in [0, 0.05) is 0 Å². The lowest BCUT2D eigenvalue weighted by atomic mass is 10.2. The second-order valence-electron chi connectivity index (χ2n) is 4.96. The minimum atomic E-state index is -5.01. The molecule has 2 N–H and O–H groups in total. The molecular weight excluding hydrogens is 337 g/mol. The van der Waals surface area contributed by atoms with Crippen LogP contribution in [-0.4, -0.2) is 24.6 Å². The third kappa shape index (κ3) is 5.83. The largest absolute Gasteiger partial charge is 0.493 e. The number of hydrogen-bond acceptors (Lipinski definition) is 3. The Morgan fingerprint density at radius 3 is 2.04 bits per heavy atom. The molecule has 0 radical (unpaired) electrons. The predicted octanol–water partition coefficient (Wildman–Crippen LogP) is 3.60. The molecule has 0 spiro atoms. The van der Waals surface area contributed by atoms with E-state index in [2.05, 4.69) is 5.32 Å². The number of carbonyl (C=O) groups is 2.